The first-order chi connectivity index (χ1) is 7.39. The molecule has 0 amide bonds. The largest absolute Gasteiger partial charge is 0.393 e. The smallest absolute Gasteiger partial charge is 0.281 e. The number of piperidine rings is 1. The predicted octanol–water partition coefficient (Wildman–Crippen LogP) is 0.276. The van der Waals surface area contributed by atoms with Gasteiger partial charge in [0.25, 0.3) is 10.2 Å². The van der Waals surface area contributed by atoms with Gasteiger partial charge in [-0.15, -0.1) is 0 Å². The fourth-order valence-electron chi connectivity index (χ4n) is 1.94. The molecule has 0 aliphatic carbocycles. The van der Waals surface area contributed by atoms with Gasteiger partial charge in [-0.2, -0.15) is 17.0 Å². The van der Waals surface area contributed by atoms with E-state index < -0.39 is 16.3 Å². The molecule has 1 aliphatic rings. The molecule has 1 fully saturated rings. The van der Waals surface area contributed by atoms with E-state index in [4.69, 9.17) is 0 Å². The quantitative estimate of drug-likeness (QED) is 0.779. The third-order valence-electron chi connectivity index (χ3n) is 3.27. The van der Waals surface area contributed by atoms with Crippen LogP contribution in [0.5, 0.6) is 0 Å². The summed E-state index contributed by atoms with van der Waals surface area (Å²) in [6.45, 7) is 5.01. The van der Waals surface area contributed by atoms with Gasteiger partial charge in [0.15, 0.2) is 0 Å². The molecule has 1 N–H and O–H groups in total. The summed E-state index contributed by atoms with van der Waals surface area (Å²) < 4.78 is 26.9. The van der Waals surface area contributed by atoms with Gasteiger partial charge in [0.05, 0.1) is 6.10 Å². The summed E-state index contributed by atoms with van der Waals surface area (Å²) in [5.74, 6) is 0.0637. The lowest BCUT2D eigenvalue weighted by molar-refractivity contribution is 0.0870. The van der Waals surface area contributed by atoms with E-state index in [2.05, 4.69) is 0 Å². The SMILES string of the molecule is CCN(C)S(=O)(=O)N1CCCC(C(C)O)C1. The number of hydrogen-bond acceptors (Lipinski definition) is 3. The standard InChI is InChI=1S/C10H22N2O3S/c1-4-11(3)16(14,15)12-7-5-6-10(8-12)9(2)13/h9-10,13H,4-8H2,1-3H3. The maximum atomic E-state index is 12.1. The van der Waals surface area contributed by atoms with Crippen LogP contribution in [0.2, 0.25) is 0 Å². The van der Waals surface area contributed by atoms with Crippen molar-refractivity contribution in [1.29, 1.82) is 0 Å². The van der Waals surface area contributed by atoms with Crippen molar-refractivity contribution in [3.05, 3.63) is 0 Å². The Morgan fingerprint density at radius 3 is 2.69 bits per heavy atom. The zero-order chi connectivity index (χ0) is 12.3. The summed E-state index contributed by atoms with van der Waals surface area (Å²) in [7, 11) is -1.74. The minimum atomic E-state index is -3.32. The van der Waals surface area contributed by atoms with Gasteiger partial charge in [-0.25, -0.2) is 0 Å². The van der Waals surface area contributed by atoms with Crippen LogP contribution < -0.4 is 0 Å². The lowest BCUT2D eigenvalue weighted by Crippen LogP contribution is -2.48. The van der Waals surface area contributed by atoms with Crippen LogP contribution >= 0.6 is 0 Å². The van der Waals surface area contributed by atoms with Crippen molar-refractivity contribution >= 4 is 10.2 Å². The van der Waals surface area contributed by atoms with Gasteiger partial charge in [0.1, 0.15) is 0 Å². The van der Waals surface area contributed by atoms with Gasteiger partial charge in [0.2, 0.25) is 0 Å². The molecule has 0 aromatic rings. The molecule has 2 atom stereocenters. The first-order valence-electron chi connectivity index (χ1n) is 5.79. The number of hydrogen-bond donors (Lipinski definition) is 1. The Morgan fingerprint density at radius 2 is 2.19 bits per heavy atom. The van der Waals surface area contributed by atoms with E-state index >= 15 is 0 Å². The molecule has 5 nitrogen and oxygen atoms in total. The van der Waals surface area contributed by atoms with E-state index in [0.717, 1.165) is 12.8 Å². The Labute approximate surface area is 98.2 Å². The molecule has 0 spiro atoms. The van der Waals surface area contributed by atoms with Crippen LogP contribution in [-0.2, 0) is 10.2 Å². The van der Waals surface area contributed by atoms with Crippen molar-refractivity contribution in [2.45, 2.75) is 32.8 Å². The summed E-state index contributed by atoms with van der Waals surface area (Å²) in [4.78, 5) is 0. The topological polar surface area (TPSA) is 60.9 Å². The Balaban J connectivity index is 2.74. The highest BCUT2D eigenvalue weighted by Gasteiger charge is 2.32. The molecule has 1 saturated heterocycles. The summed E-state index contributed by atoms with van der Waals surface area (Å²) in [6, 6.07) is 0. The number of nitrogens with zero attached hydrogens (tertiary/aromatic N) is 2. The second-order valence-electron chi connectivity index (χ2n) is 4.42. The van der Waals surface area contributed by atoms with E-state index in [1.54, 1.807) is 14.0 Å². The molecule has 1 aliphatic heterocycles. The normalized spacial score (nSPS) is 25.9. The Morgan fingerprint density at radius 1 is 1.56 bits per heavy atom. The fourth-order valence-corrected chi connectivity index (χ4v) is 3.40. The molecule has 0 aromatic carbocycles. The summed E-state index contributed by atoms with van der Waals surface area (Å²) in [5.41, 5.74) is 0. The van der Waals surface area contributed by atoms with Gasteiger partial charge in [-0.3, -0.25) is 0 Å². The average molecular weight is 250 g/mol. The summed E-state index contributed by atoms with van der Waals surface area (Å²) in [5, 5.41) is 9.52. The van der Waals surface area contributed by atoms with Crippen molar-refractivity contribution in [2.24, 2.45) is 5.92 Å². The van der Waals surface area contributed by atoms with Crippen molar-refractivity contribution < 1.29 is 13.5 Å². The molecule has 2 unspecified atom stereocenters. The van der Waals surface area contributed by atoms with Gasteiger partial charge < -0.3 is 5.11 Å². The molecule has 96 valence electrons. The van der Waals surface area contributed by atoms with Crippen LogP contribution in [0.15, 0.2) is 0 Å². The van der Waals surface area contributed by atoms with E-state index in [9.17, 15) is 13.5 Å². The average Bonchev–Trinajstić information content (AvgIpc) is 2.28. The molecule has 0 bridgehead atoms. The molecule has 0 saturated carbocycles. The third-order valence-corrected chi connectivity index (χ3v) is 5.30. The monoisotopic (exact) mass is 250 g/mol. The second-order valence-corrected chi connectivity index (χ2v) is 6.46. The summed E-state index contributed by atoms with van der Waals surface area (Å²) >= 11 is 0. The highest BCUT2D eigenvalue weighted by atomic mass is 32.2. The predicted molar refractivity (Wildman–Crippen MR) is 63.2 cm³/mol. The van der Waals surface area contributed by atoms with E-state index in [0.29, 0.717) is 19.6 Å². The first-order valence-corrected chi connectivity index (χ1v) is 7.18. The van der Waals surface area contributed by atoms with Crippen LogP contribution in [0.3, 0.4) is 0 Å². The Hall–Kier alpha value is -0.170. The Kier molecular flexibility index (Phi) is 4.73. The third kappa shape index (κ3) is 2.94. The van der Waals surface area contributed by atoms with Crippen LogP contribution in [-0.4, -0.2) is 54.9 Å². The van der Waals surface area contributed by atoms with E-state index in [-0.39, 0.29) is 5.92 Å². The minimum absolute atomic E-state index is 0.0637. The Bertz CT molecular complexity index is 316. The maximum absolute atomic E-state index is 12.1. The van der Waals surface area contributed by atoms with Crippen LogP contribution in [0, 0.1) is 5.92 Å². The molecule has 1 heterocycles. The van der Waals surface area contributed by atoms with Crippen molar-refractivity contribution in [3.63, 3.8) is 0 Å². The molecule has 1 rings (SSSR count). The lowest BCUT2D eigenvalue weighted by atomic mass is 9.95. The van der Waals surface area contributed by atoms with E-state index in [1.807, 2.05) is 6.92 Å². The maximum Gasteiger partial charge on any atom is 0.281 e. The van der Waals surface area contributed by atoms with Crippen LogP contribution in [0.1, 0.15) is 26.7 Å². The fraction of sp³-hybridized carbons (Fsp3) is 1.00. The van der Waals surface area contributed by atoms with Gasteiger partial charge in [-0.1, -0.05) is 6.92 Å². The lowest BCUT2D eigenvalue weighted by Gasteiger charge is -2.35. The van der Waals surface area contributed by atoms with Crippen molar-refractivity contribution in [2.75, 3.05) is 26.7 Å². The number of rotatable bonds is 4. The van der Waals surface area contributed by atoms with Crippen molar-refractivity contribution in [1.82, 2.24) is 8.61 Å². The zero-order valence-electron chi connectivity index (χ0n) is 10.3. The molecule has 0 radical (unpaired) electrons. The molecule has 0 aromatic heterocycles. The van der Waals surface area contributed by atoms with Gasteiger partial charge in [0, 0.05) is 26.7 Å². The zero-order valence-corrected chi connectivity index (χ0v) is 11.1. The number of aliphatic hydroxyl groups is 1. The second kappa shape index (κ2) is 5.44. The van der Waals surface area contributed by atoms with E-state index in [1.165, 1.54) is 8.61 Å². The first kappa shape index (κ1) is 13.9. The number of aliphatic hydroxyl groups excluding tert-OH is 1. The van der Waals surface area contributed by atoms with Crippen molar-refractivity contribution in [3.8, 4) is 0 Å². The molecular formula is C10H22N2O3S. The summed E-state index contributed by atoms with van der Waals surface area (Å²) in [6.07, 6.45) is 1.29. The minimum Gasteiger partial charge on any atom is -0.393 e. The van der Waals surface area contributed by atoms with Gasteiger partial charge in [-0.05, 0) is 25.7 Å². The highest BCUT2D eigenvalue weighted by molar-refractivity contribution is 7.86. The molecular weight excluding hydrogens is 228 g/mol. The van der Waals surface area contributed by atoms with Gasteiger partial charge >= 0.3 is 0 Å². The molecule has 16 heavy (non-hydrogen) atoms. The van der Waals surface area contributed by atoms with Crippen LogP contribution in [0.25, 0.3) is 0 Å². The molecule has 6 heteroatoms. The highest BCUT2D eigenvalue weighted by Crippen LogP contribution is 2.22. The van der Waals surface area contributed by atoms with Crippen LogP contribution in [0.4, 0.5) is 0 Å².